The Morgan fingerprint density at radius 1 is 1.07 bits per heavy atom. The van der Waals surface area contributed by atoms with Crippen LogP contribution in [0.3, 0.4) is 0 Å². The maximum atomic E-state index is 13.0. The third-order valence-electron chi connectivity index (χ3n) is 4.57. The molecule has 3 rings (SSSR count). The van der Waals surface area contributed by atoms with Gasteiger partial charge in [0.25, 0.3) is 15.7 Å². The highest BCUT2D eigenvalue weighted by Gasteiger charge is 2.28. The van der Waals surface area contributed by atoms with Crippen LogP contribution < -0.4 is 0 Å². The molecule has 0 unspecified atom stereocenters. The Morgan fingerprint density at radius 3 is 2.29 bits per heavy atom. The molecule has 1 heterocycles. The highest BCUT2D eigenvalue weighted by atomic mass is 32.2. The molecule has 0 fully saturated rings. The zero-order valence-corrected chi connectivity index (χ0v) is 16.2. The van der Waals surface area contributed by atoms with E-state index in [-0.39, 0.29) is 23.7 Å². The topological polar surface area (TPSA) is 104 Å². The minimum absolute atomic E-state index is 0.00628. The molecular formula is C19H21N3O5S. The van der Waals surface area contributed by atoms with Crippen LogP contribution in [0.2, 0.25) is 0 Å². The first-order valence-electron chi connectivity index (χ1n) is 8.74. The van der Waals surface area contributed by atoms with Crippen molar-refractivity contribution in [1.82, 2.24) is 9.21 Å². The number of β-amino-alcohol motifs (C(OH)–C–C–N with tert-alkyl or cyclic N) is 1. The molecule has 28 heavy (non-hydrogen) atoms. The lowest BCUT2D eigenvalue weighted by molar-refractivity contribution is -0.384. The van der Waals surface area contributed by atoms with Crippen molar-refractivity contribution in [2.75, 3.05) is 26.2 Å². The van der Waals surface area contributed by atoms with Crippen LogP contribution in [0.15, 0.2) is 59.6 Å². The Balaban J connectivity index is 1.98. The number of sulfonamides is 1. The molecule has 1 aliphatic heterocycles. The lowest BCUT2D eigenvalue weighted by Crippen LogP contribution is -2.41. The van der Waals surface area contributed by atoms with Crippen LogP contribution in [0.1, 0.15) is 11.1 Å². The summed E-state index contributed by atoms with van der Waals surface area (Å²) < 4.78 is 27.3. The molecule has 0 aliphatic carbocycles. The quantitative estimate of drug-likeness (QED) is 0.586. The average Bonchev–Trinajstić information content (AvgIpc) is 2.69. The maximum Gasteiger partial charge on any atom is 0.269 e. The maximum absolute atomic E-state index is 13.0. The SMILES string of the molecule is Cc1ccc(C2=CN(S(=O)(=O)c3ccc([N+](=O)[O-])cc3)CCN2CCO)cc1. The van der Waals surface area contributed by atoms with Gasteiger partial charge in [0.1, 0.15) is 0 Å². The van der Waals surface area contributed by atoms with Gasteiger partial charge < -0.3 is 10.0 Å². The fourth-order valence-electron chi connectivity index (χ4n) is 3.02. The van der Waals surface area contributed by atoms with Crippen molar-refractivity contribution in [2.45, 2.75) is 11.8 Å². The highest BCUT2D eigenvalue weighted by Crippen LogP contribution is 2.28. The fourth-order valence-corrected chi connectivity index (χ4v) is 4.33. The molecule has 2 aromatic rings. The molecule has 0 atom stereocenters. The van der Waals surface area contributed by atoms with Gasteiger partial charge in [0.2, 0.25) is 0 Å². The summed E-state index contributed by atoms with van der Waals surface area (Å²) in [6.07, 6.45) is 1.56. The summed E-state index contributed by atoms with van der Waals surface area (Å²) in [6, 6.07) is 12.5. The average molecular weight is 403 g/mol. The van der Waals surface area contributed by atoms with E-state index in [0.29, 0.717) is 18.8 Å². The van der Waals surface area contributed by atoms with E-state index in [1.54, 1.807) is 6.20 Å². The molecule has 1 aliphatic rings. The van der Waals surface area contributed by atoms with E-state index in [1.165, 1.54) is 28.6 Å². The van der Waals surface area contributed by atoms with Crippen LogP contribution in [-0.2, 0) is 10.0 Å². The second-order valence-corrected chi connectivity index (χ2v) is 8.35. The number of benzene rings is 2. The summed E-state index contributed by atoms with van der Waals surface area (Å²) in [5, 5.41) is 20.1. The molecule has 0 saturated carbocycles. The Kier molecular flexibility index (Phi) is 5.66. The zero-order valence-electron chi connectivity index (χ0n) is 15.4. The second kappa shape index (κ2) is 7.99. The minimum atomic E-state index is -3.85. The molecular weight excluding hydrogens is 382 g/mol. The van der Waals surface area contributed by atoms with Crippen molar-refractivity contribution in [3.8, 4) is 0 Å². The molecule has 148 valence electrons. The normalized spacial score (nSPS) is 14.7. The molecule has 0 radical (unpaired) electrons. The molecule has 0 aromatic heterocycles. The monoisotopic (exact) mass is 403 g/mol. The number of hydrogen-bond acceptors (Lipinski definition) is 6. The number of rotatable bonds is 6. The van der Waals surface area contributed by atoms with E-state index in [2.05, 4.69) is 0 Å². The highest BCUT2D eigenvalue weighted by molar-refractivity contribution is 7.89. The minimum Gasteiger partial charge on any atom is -0.395 e. The first kappa shape index (κ1) is 19.8. The lowest BCUT2D eigenvalue weighted by atomic mass is 10.1. The Hall–Kier alpha value is -2.91. The van der Waals surface area contributed by atoms with Gasteiger partial charge in [-0.25, -0.2) is 8.42 Å². The molecule has 8 nitrogen and oxygen atoms in total. The van der Waals surface area contributed by atoms with Gasteiger partial charge >= 0.3 is 0 Å². The number of aliphatic hydroxyl groups excluding tert-OH is 1. The van der Waals surface area contributed by atoms with Crippen molar-refractivity contribution in [3.63, 3.8) is 0 Å². The van der Waals surface area contributed by atoms with Gasteiger partial charge in [-0.1, -0.05) is 29.8 Å². The van der Waals surface area contributed by atoms with Crippen molar-refractivity contribution < 1.29 is 18.4 Å². The van der Waals surface area contributed by atoms with Gasteiger partial charge in [-0.2, -0.15) is 0 Å². The molecule has 0 spiro atoms. The number of hydrogen-bond donors (Lipinski definition) is 1. The Labute approximate surface area is 163 Å². The molecule has 0 bridgehead atoms. The fraction of sp³-hybridized carbons (Fsp3) is 0.263. The summed E-state index contributed by atoms with van der Waals surface area (Å²) in [4.78, 5) is 12.2. The number of aryl methyl sites for hydroxylation is 1. The molecule has 0 amide bonds. The van der Waals surface area contributed by atoms with Crippen molar-refractivity contribution in [2.24, 2.45) is 0 Å². The first-order chi connectivity index (χ1) is 13.3. The summed E-state index contributed by atoms with van der Waals surface area (Å²) in [5.41, 5.74) is 2.47. The van der Waals surface area contributed by atoms with Crippen molar-refractivity contribution in [3.05, 3.63) is 76.0 Å². The largest absolute Gasteiger partial charge is 0.395 e. The van der Waals surface area contributed by atoms with E-state index >= 15 is 0 Å². The van der Waals surface area contributed by atoms with Gasteiger partial charge in [0.15, 0.2) is 0 Å². The van der Waals surface area contributed by atoms with Crippen LogP contribution in [0, 0.1) is 17.0 Å². The van der Waals surface area contributed by atoms with Gasteiger partial charge in [-0.3, -0.25) is 14.4 Å². The van der Waals surface area contributed by atoms with Gasteiger partial charge in [0.05, 0.1) is 28.7 Å². The summed E-state index contributed by atoms with van der Waals surface area (Å²) in [6.45, 7) is 2.96. The van der Waals surface area contributed by atoms with Crippen LogP contribution in [0.4, 0.5) is 5.69 Å². The third kappa shape index (κ3) is 4.00. The van der Waals surface area contributed by atoms with Crippen molar-refractivity contribution in [1.29, 1.82) is 0 Å². The van der Waals surface area contributed by atoms with Crippen molar-refractivity contribution >= 4 is 21.4 Å². The van der Waals surface area contributed by atoms with Crippen LogP contribution >= 0.6 is 0 Å². The van der Waals surface area contributed by atoms with Crippen LogP contribution in [0.25, 0.3) is 5.70 Å². The molecule has 9 heteroatoms. The van der Waals surface area contributed by atoms with Crippen LogP contribution in [-0.4, -0.2) is 53.9 Å². The Morgan fingerprint density at radius 2 is 1.71 bits per heavy atom. The molecule has 0 saturated heterocycles. The molecule has 2 aromatic carbocycles. The molecule has 1 N–H and O–H groups in total. The van der Waals surface area contributed by atoms with E-state index in [0.717, 1.165) is 11.1 Å². The summed E-state index contributed by atoms with van der Waals surface area (Å²) in [7, 11) is -3.85. The van der Waals surface area contributed by atoms with E-state index < -0.39 is 14.9 Å². The van der Waals surface area contributed by atoms with E-state index in [9.17, 15) is 23.6 Å². The first-order valence-corrected chi connectivity index (χ1v) is 10.2. The van der Waals surface area contributed by atoms with Crippen LogP contribution in [0.5, 0.6) is 0 Å². The second-order valence-electron chi connectivity index (χ2n) is 6.46. The predicted octanol–water partition coefficient (Wildman–Crippen LogP) is 2.20. The van der Waals surface area contributed by atoms with E-state index in [4.69, 9.17) is 0 Å². The number of non-ortho nitro benzene ring substituents is 1. The smallest absolute Gasteiger partial charge is 0.269 e. The number of aliphatic hydroxyl groups is 1. The number of nitro groups is 1. The summed E-state index contributed by atoms with van der Waals surface area (Å²) >= 11 is 0. The van der Waals surface area contributed by atoms with E-state index in [1.807, 2.05) is 36.1 Å². The third-order valence-corrected chi connectivity index (χ3v) is 6.34. The predicted molar refractivity (Wildman–Crippen MR) is 105 cm³/mol. The summed E-state index contributed by atoms with van der Waals surface area (Å²) in [5.74, 6) is 0. The standard InChI is InChI=1S/C19H21N3O5S/c1-15-2-4-16(5-3-15)19-14-21(11-10-20(19)12-13-23)28(26,27)18-8-6-17(7-9-18)22(24)25/h2-9,14,23H,10-13H2,1H3. The number of nitro benzene ring substituents is 1. The van der Waals surface area contributed by atoms with Gasteiger partial charge in [0, 0.05) is 31.4 Å². The van der Waals surface area contributed by atoms with Gasteiger partial charge in [-0.15, -0.1) is 0 Å². The number of nitrogens with zero attached hydrogens (tertiary/aromatic N) is 3. The lowest BCUT2D eigenvalue weighted by Gasteiger charge is -2.35. The zero-order chi connectivity index (χ0) is 20.3. The Bertz CT molecular complexity index is 985. The van der Waals surface area contributed by atoms with Gasteiger partial charge in [-0.05, 0) is 24.6 Å².